The summed E-state index contributed by atoms with van der Waals surface area (Å²) in [5, 5.41) is 3.15. The number of nitrogens with zero attached hydrogens (tertiary/aromatic N) is 2. The van der Waals surface area contributed by atoms with Crippen LogP contribution in [0.5, 0.6) is 0 Å². The van der Waals surface area contributed by atoms with E-state index < -0.39 is 0 Å². The van der Waals surface area contributed by atoms with Crippen molar-refractivity contribution in [2.75, 3.05) is 36.4 Å². The lowest BCUT2D eigenvalue weighted by Crippen LogP contribution is -2.42. The minimum atomic E-state index is 0.114. The van der Waals surface area contributed by atoms with Crippen LogP contribution in [-0.2, 0) is 4.79 Å². The fourth-order valence-electron chi connectivity index (χ4n) is 3.76. The molecule has 2 heterocycles. The molecule has 0 unspecified atom stereocenters. The fraction of sp³-hybridized carbons (Fsp3) is 0.632. The van der Waals surface area contributed by atoms with E-state index in [0.717, 1.165) is 25.3 Å². The highest BCUT2D eigenvalue weighted by Crippen LogP contribution is 2.28. The molecule has 0 aromatic heterocycles. The Labute approximate surface area is 139 Å². The van der Waals surface area contributed by atoms with Gasteiger partial charge in [-0.15, -0.1) is 0 Å². The van der Waals surface area contributed by atoms with Gasteiger partial charge in [-0.25, -0.2) is 0 Å². The van der Waals surface area contributed by atoms with Crippen LogP contribution in [0.15, 0.2) is 24.3 Å². The first-order chi connectivity index (χ1) is 11.2. The number of carbonyl (C=O) groups excluding carboxylic acids is 1. The molecule has 0 aliphatic carbocycles. The van der Waals surface area contributed by atoms with E-state index in [2.05, 4.69) is 34.2 Å². The predicted octanol–water partition coefficient (Wildman–Crippen LogP) is 3.49. The van der Waals surface area contributed by atoms with E-state index in [1.54, 1.807) is 0 Å². The highest BCUT2D eigenvalue weighted by atomic mass is 16.2. The Morgan fingerprint density at radius 1 is 1.09 bits per heavy atom. The van der Waals surface area contributed by atoms with E-state index in [1.807, 2.05) is 12.1 Å². The number of likely N-dealkylation sites (tertiary alicyclic amines) is 1. The molecule has 0 radical (unpaired) electrons. The largest absolute Gasteiger partial charge is 0.370 e. The number of piperidine rings is 2. The zero-order valence-electron chi connectivity index (χ0n) is 14.3. The molecule has 0 spiro atoms. The second kappa shape index (κ2) is 7.82. The molecule has 1 amide bonds. The molecule has 0 saturated carbocycles. The lowest BCUT2D eigenvalue weighted by Gasteiger charge is -2.33. The third-order valence-electron chi connectivity index (χ3n) is 5.16. The second-order valence-corrected chi connectivity index (χ2v) is 6.93. The molecule has 1 N–H and O–H groups in total. The van der Waals surface area contributed by atoms with Crippen LogP contribution in [0, 0.1) is 0 Å². The van der Waals surface area contributed by atoms with Gasteiger partial charge in [0.2, 0.25) is 5.91 Å². The van der Waals surface area contributed by atoms with Crippen LogP contribution in [0.25, 0.3) is 0 Å². The molecule has 1 aromatic carbocycles. The van der Waals surface area contributed by atoms with Gasteiger partial charge in [-0.2, -0.15) is 0 Å². The van der Waals surface area contributed by atoms with Gasteiger partial charge < -0.3 is 10.2 Å². The fourth-order valence-corrected chi connectivity index (χ4v) is 3.76. The minimum absolute atomic E-state index is 0.114. The molecular weight excluding hydrogens is 286 g/mol. The summed E-state index contributed by atoms with van der Waals surface area (Å²) in [6.07, 6.45) is 7.51. The van der Waals surface area contributed by atoms with Gasteiger partial charge in [-0.1, -0.05) is 18.6 Å². The van der Waals surface area contributed by atoms with Crippen LogP contribution in [0.4, 0.5) is 11.4 Å². The summed E-state index contributed by atoms with van der Waals surface area (Å²) in [6, 6.07) is 8.75. The van der Waals surface area contributed by atoms with Crippen molar-refractivity contribution < 1.29 is 4.79 Å². The Balaban J connectivity index is 1.63. The maximum Gasteiger partial charge on any atom is 0.238 e. The van der Waals surface area contributed by atoms with Gasteiger partial charge in [-0.3, -0.25) is 9.69 Å². The Bertz CT molecular complexity index is 525. The summed E-state index contributed by atoms with van der Waals surface area (Å²) in [5.41, 5.74) is 2.14. The van der Waals surface area contributed by atoms with E-state index in [9.17, 15) is 4.79 Å². The standard InChI is InChI=1S/C19H29N3O/c1-16-9-5-8-14-22(16)15-19(23)20-17-10-3-4-11-18(17)21-12-6-2-7-13-21/h3-4,10-11,16H,2,5-9,12-15H2,1H3,(H,20,23)/t16-/m0/s1. The molecule has 3 rings (SSSR count). The first-order valence-corrected chi connectivity index (χ1v) is 9.12. The molecule has 2 aliphatic rings. The highest BCUT2D eigenvalue weighted by molar-refractivity contribution is 5.95. The third-order valence-corrected chi connectivity index (χ3v) is 5.16. The summed E-state index contributed by atoms with van der Waals surface area (Å²) in [5.74, 6) is 0.114. The molecular formula is C19H29N3O. The Morgan fingerprint density at radius 2 is 1.83 bits per heavy atom. The van der Waals surface area contributed by atoms with Crippen LogP contribution < -0.4 is 10.2 Å². The molecule has 0 bridgehead atoms. The van der Waals surface area contributed by atoms with Gasteiger partial charge in [-0.05, 0) is 57.7 Å². The lowest BCUT2D eigenvalue weighted by atomic mass is 10.0. The number of anilines is 2. The van der Waals surface area contributed by atoms with Gasteiger partial charge >= 0.3 is 0 Å². The Morgan fingerprint density at radius 3 is 2.61 bits per heavy atom. The summed E-state index contributed by atoms with van der Waals surface area (Å²) in [7, 11) is 0. The highest BCUT2D eigenvalue weighted by Gasteiger charge is 2.21. The normalized spacial score (nSPS) is 22.8. The van der Waals surface area contributed by atoms with E-state index in [-0.39, 0.29) is 5.91 Å². The number of para-hydroxylation sites is 2. The average molecular weight is 315 g/mol. The number of benzene rings is 1. The van der Waals surface area contributed by atoms with E-state index in [1.165, 1.54) is 44.2 Å². The zero-order valence-corrected chi connectivity index (χ0v) is 14.3. The number of amides is 1. The molecule has 2 aliphatic heterocycles. The van der Waals surface area contributed by atoms with Crippen molar-refractivity contribution in [3.63, 3.8) is 0 Å². The topological polar surface area (TPSA) is 35.6 Å². The monoisotopic (exact) mass is 315 g/mol. The molecule has 2 fully saturated rings. The van der Waals surface area contributed by atoms with Crippen molar-refractivity contribution in [1.82, 2.24) is 4.90 Å². The number of hydrogen-bond acceptors (Lipinski definition) is 3. The molecule has 2 saturated heterocycles. The maximum absolute atomic E-state index is 12.5. The van der Waals surface area contributed by atoms with Gasteiger partial charge in [0, 0.05) is 19.1 Å². The molecule has 126 valence electrons. The number of nitrogens with one attached hydrogen (secondary N) is 1. The Kier molecular flexibility index (Phi) is 5.55. The summed E-state index contributed by atoms with van der Waals surface area (Å²) < 4.78 is 0. The number of hydrogen-bond donors (Lipinski definition) is 1. The van der Waals surface area contributed by atoms with Crippen LogP contribution in [0.2, 0.25) is 0 Å². The van der Waals surface area contributed by atoms with Crippen LogP contribution in [0.3, 0.4) is 0 Å². The number of rotatable bonds is 4. The van der Waals surface area contributed by atoms with Crippen molar-refractivity contribution in [2.45, 2.75) is 51.5 Å². The van der Waals surface area contributed by atoms with Crippen molar-refractivity contribution in [3.05, 3.63) is 24.3 Å². The SMILES string of the molecule is C[C@H]1CCCCN1CC(=O)Nc1ccccc1N1CCCCC1. The summed E-state index contributed by atoms with van der Waals surface area (Å²) >= 11 is 0. The lowest BCUT2D eigenvalue weighted by molar-refractivity contribution is -0.118. The van der Waals surface area contributed by atoms with E-state index in [0.29, 0.717) is 12.6 Å². The maximum atomic E-state index is 12.5. The summed E-state index contributed by atoms with van der Waals surface area (Å²) in [4.78, 5) is 17.2. The third kappa shape index (κ3) is 4.25. The van der Waals surface area contributed by atoms with Crippen molar-refractivity contribution in [1.29, 1.82) is 0 Å². The zero-order chi connectivity index (χ0) is 16.1. The van der Waals surface area contributed by atoms with E-state index >= 15 is 0 Å². The van der Waals surface area contributed by atoms with Crippen molar-refractivity contribution in [2.24, 2.45) is 0 Å². The molecule has 1 atom stereocenters. The van der Waals surface area contributed by atoms with Crippen LogP contribution in [-0.4, -0.2) is 43.0 Å². The first-order valence-electron chi connectivity index (χ1n) is 9.12. The molecule has 4 heteroatoms. The van der Waals surface area contributed by atoms with Crippen LogP contribution >= 0.6 is 0 Å². The average Bonchev–Trinajstić information content (AvgIpc) is 2.58. The second-order valence-electron chi connectivity index (χ2n) is 6.93. The number of carbonyl (C=O) groups is 1. The predicted molar refractivity (Wildman–Crippen MR) is 96.0 cm³/mol. The quantitative estimate of drug-likeness (QED) is 0.924. The molecule has 1 aromatic rings. The van der Waals surface area contributed by atoms with Gasteiger partial charge in [0.15, 0.2) is 0 Å². The van der Waals surface area contributed by atoms with Gasteiger partial charge in [0.1, 0.15) is 0 Å². The van der Waals surface area contributed by atoms with Gasteiger partial charge in [0.25, 0.3) is 0 Å². The van der Waals surface area contributed by atoms with Crippen molar-refractivity contribution >= 4 is 17.3 Å². The van der Waals surface area contributed by atoms with Crippen LogP contribution in [0.1, 0.15) is 45.4 Å². The smallest absolute Gasteiger partial charge is 0.238 e. The molecule has 23 heavy (non-hydrogen) atoms. The van der Waals surface area contributed by atoms with Crippen molar-refractivity contribution in [3.8, 4) is 0 Å². The summed E-state index contributed by atoms with van der Waals surface area (Å²) in [6.45, 7) is 5.97. The Hall–Kier alpha value is -1.55. The molecule has 4 nitrogen and oxygen atoms in total. The first kappa shape index (κ1) is 16.3. The van der Waals surface area contributed by atoms with E-state index in [4.69, 9.17) is 0 Å². The minimum Gasteiger partial charge on any atom is -0.370 e. The van der Waals surface area contributed by atoms with Gasteiger partial charge in [0.05, 0.1) is 17.9 Å².